The summed E-state index contributed by atoms with van der Waals surface area (Å²) < 4.78 is 5.31. The molecule has 0 radical (unpaired) electrons. The first kappa shape index (κ1) is 14.2. The summed E-state index contributed by atoms with van der Waals surface area (Å²) in [4.78, 5) is 12.2. The molecule has 3 aliphatic carbocycles. The van der Waals surface area contributed by atoms with Crippen LogP contribution in [0.4, 0.5) is 0 Å². The van der Waals surface area contributed by atoms with E-state index in [9.17, 15) is 4.79 Å². The van der Waals surface area contributed by atoms with Gasteiger partial charge in [-0.2, -0.15) is 0 Å². The second kappa shape index (κ2) is 5.91. The number of allylic oxidation sites excluding steroid dienone is 2. The molecule has 2 fully saturated rings. The van der Waals surface area contributed by atoms with E-state index in [4.69, 9.17) is 4.74 Å². The molecule has 0 amide bonds. The minimum Gasteiger partial charge on any atom is -0.466 e. The predicted octanol–water partition coefficient (Wildman–Crippen LogP) is 4.20. The molecule has 3 aliphatic rings. The lowest BCUT2D eigenvalue weighted by Gasteiger charge is -2.38. The fraction of sp³-hybridized carbons (Fsp3) is 0.833. The minimum atomic E-state index is 0.0658. The monoisotopic (exact) mass is 276 g/mol. The molecular weight excluding hydrogens is 248 g/mol. The van der Waals surface area contributed by atoms with E-state index in [1.54, 1.807) is 0 Å². The zero-order valence-corrected chi connectivity index (χ0v) is 12.9. The molecule has 20 heavy (non-hydrogen) atoms. The van der Waals surface area contributed by atoms with Crippen LogP contribution in [0.2, 0.25) is 0 Å². The normalized spacial score (nSPS) is 43.5. The van der Waals surface area contributed by atoms with Gasteiger partial charge in [0.2, 0.25) is 0 Å². The summed E-state index contributed by atoms with van der Waals surface area (Å²) in [5.41, 5.74) is 0. The number of hydrogen-bond acceptors (Lipinski definition) is 2. The molecule has 2 saturated carbocycles. The Labute approximate surface area is 123 Å². The van der Waals surface area contributed by atoms with Crippen LogP contribution in [0.1, 0.15) is 52.4 Å². The Bertz CT molecular complexity index is 387. The van der Waals surface area contributed by atoms with Gasteiger partial charge in [0.1, 0.15) is 0 Å². The van der Waals surface area contributed by atoms with Crippen LogP contribution in [0.15, 0.2) is 12.2 Å². The summed E-state index contributed by atoms with van der Waals surface area (Å²) in [5.74, 6) is 4.02. The van der Waals surface area contributed by atoms with E-state index in [-0.39, 0.29) is 11.9 Å². The first-order valence-electron chi connectivity index (χ1n) is 8.54. The summed E-state index contributed by atoms with van der Waals surface area (Å²) in [6, 6.07) is 0. The van der Waals surface area contributed by atoms with Crippen LogP contribution in [0.3, 0.4) is 0 Å². The fourth-order valence-corrected chi connectivity index (χ4v) is 5.12. The smallest absolute Gasteiger partial charge is 0.309 e. The van der Waals surface area contributed by atoms with E-state index in [1.807, 2.05) is 6.92 Å². The summed E-state index contributed by atoms with van der Waals surface area (Å²) >= 11 is 0. The summed E-state index contributed by atoms with van der Waals surface area (Å²) in [5, 5.41) is 0. The highest BCUT2D eigenvalue weighted by molar-refractivity contribution is 5.73. The van der Waals surface area contributed by atoms with Crippen molar-refractivity contribution < 1.29 is 9.53 Å². The van der Waals surface area contributed by atoms with Crippen molar-refractivity contribution in [3.05, 3.63) is 12.2 Å². The quantitative estimate of drug-likeness (QED) is 0.558. The molecule has 0 aromatic rings. The molecule has 0 aromatic heterocycles. The molecule has 0 N–H and O–H groups in total. The van der Waals surface area contributed by atoms with Gasteiger partial charge in [0, 0.05) is 0 Å². The molecule has 0 aliphatic heterocycles. The average molecular weight is 276 g/mol. The zero-order valence-electron chi connectivity index (χ0n) is 12.9. The van der Waals surface area contributed by atoms with Crippen LogP contribution in [0, 0.1) is 35.5 Å². The van der Waals surface area contributed by atoms with E-state index in [1.165, 1.54) is 25.7 Å². The average Bonchev–Trinajstić information content (AvgIpc) is 2.75. The molecule has 0 spiro atoms. The van der Waals surface area contributed by atoms with Crippen molar-refractivity contribution in [2.75, 3.05) is 6.61 Å². The lowest BCUT2D eigenvalue weighted by Crippen LogP contribution is -2.32. The Kier molecular flexibility index (Phi) is 4.18. The molecule has 0 heterocycles. The molecule has 0 saturated heterocycles. The first-order chi connectivity index (χ1) is 9.70. The van der Waals surface area contributed by atoms with Gasteiger partial charge in [0.15, 0.2) is 0 Å². The standard InChI is InChI=1S/C18H28O2/c1-3-20-18(19)17-10-9-16-14-8-7-12(2)11-13(14)5-4-6-15(16)17/h4-5,12-17H,3,6-11H2,1-2H3. The SMILES string of the molecule is CCOC(=O)C1CCC2C3CCC(C)CC3C=CCC12. The van der Waals surface area contributed by atoms with Crippen molar-refractivity contribution in [2.45, 2.75) is 52.4 Å². The van der Waals surface area contributed by atoms with E-state index < -0.39 is 0 Å². The maximum atomic E-state index is 12.2. The van der Waals surface area contributed by atoms with Crippen molar-refractivity contribution in [2.24, 2.45) is 35.5 Å². The van der Waals surface area contributed by atoms with Gasteiger partial charge in [-0.3, -0.25) is 4.79 Å². The lowest BCUT2D eigenvalue weighted by atomic mass is 9.67. The molecule has 2 heteroatoms. The van der Waals surface area contributed by atoms with Crippen LogP contribution < -0.4 is 0 Å². The number of carbonyl (C=O) groups excluding carboxylic acids is 1. The Morgan fingerprint density at radius 2 is 1.95 bits per heavy atom. The molecule has 6 atom stereocenters. The Hall–Kier alpha value is -0.790. The van der Waals surface area contributed by atoms with Gasteiger partial charge in [-0.1, -0.05) is 25.5 Å². The maximum Gasteiger partial charge on any atom is 0.309 e. The van der Waals surface area contributed by atoms with Crippen LogP contribution >= 0.6 is 0 Å². The van der Waals surface area contributed by atoms with E-state index >= 15 is 0 Å². The van der Waals surface area contributed by atoms with Gasteiger partial charge in [-0.25, -0.2) is 0 Å². The number of hydrogen-bond donors (Lipinski definition) is 0. The topological polar surface area (TPSA) is 26.3 Å². The van der Waals surface area contributed by atoms with Gasteiger partial charge in [-0.15, -0.1) is 0 Å². The molecule has 3 rings (SSSR count). The van der Waals surface area contributed by atoms with E-state index in [0.29, 0.717) is 12.5 Å². The third kappa shape index (κ3) is 2.54. The van der Waals surface area contributed by atoms with Crippen molar-refractivity contribution in [3.63, 3.8) is 0 Å². The highest BCUT2D eigenvalue weighted by Crippen LogP contribution is 2.52. The van der Waals surface area contributed by atoms with E-state index in [0.717, 1.165) is 36.5 Å². The van der Waals surface area contributed by atoms with Crippen LogP contribution in [0.25, 0.3) is 0 Å². The van der Waals surface area contributed by atoms with Crippen LogP contribution in [-0.2, 0) is 9.53 Å². The Balaban J connectivity index is 1.75. The summed E-state index contributed by atoms with van der Waals surface area (Å²) in [6.07, 6.45) is 12.3. The number of rotatable bonds is 2. The number of fused-ring (bicyclic) bond motifs is 3. The minimum absolute atomic E-state index is 0.0658. The zero-order chi connectivity index (χ0) is 14.1. The largest absolute Gasteiger partial charge is 0.466 e. The number of esters is 1. The number of ether oxygens (including phenoxy) is 1. The number of carbonyl (C=O) groups is 1. The van der Waals surface area contributed by atoms with Crippen LogP contribution in [-0.4, -0.2) is 12.6 Å². The Morgan fingerprint density at radius 1 is 1.15 bits per heavy atom. The second-order valence-corrected chi connectivity index (χ2v) is 7.17. The molecule has 6 unspecified atom stereocenters. The van der Waals surface area contributed by atoms with Gasteiger partial charge in [0.05, 0.1) is 12.5 Å². The van der Waals surface area contributed by atoms with Gasteiger partial charge in [0.25, 0.3) is 0 Å². The lowest BCUT2D eigenvalue weighted by molar-refractivity contribution is -0.149. The maximum absolute atomic E-state index is 12.2. The third-order valence-corrected chi connectivity index (χ3v) is 6.03. The van der Waals surface area contributed by atoms with Gasteiger partial charge < -0.3 is 4.74 Å². The molecule has 0 aromatic carbocycles. The molecular formula is C18H28O2. The van der Waals surface area contributed by atoms with Gasteiger partial charge >= 0.3 is 5.97 Å². The Morgan fingerprint density at radius 3 is 2.75 bits per heavy atom. The van der Waals surface area contributed by atoms with Crippen molar-refractivity contribution in [1.82, 2.24) is 0 Å². The van der Waals surface area contributed by atoms with Gasteiger partial charge in [-0.05, 0) is 68.6 Å². The van der Waals surface area contributed by atoms with Crippen molar-refractivity contribution in [1.29, 1.82) is 0 Å². The highest BCUT2D eigenvalue weighted by Gasteiger charge is 2.46. The molecule has 2 nitrogen and oxygen atoms in total. The van der Waals surface area contributed by atoms with Crippen molar-refractivity contribution in [3.8, 4) is 0 Å². The molecule has 0 bridgehead atoms. The second-order valence-electron chi connectivity index (χ2n) is 7.17. The highest BCUT2D eigenvalue weighted by atomic mass is 16.5. The summed E-state index contributed by atoms with van der Waals surface area (Å²) in [6.45, 7) is 4.82. The predicted molar refractivity (Wildman–Crippen MR) is 80.1 cm³/mol. The first-order valence-corrected chi connectivity index (χ1v) is 8.54. The van der Waals surface area contributed by atoms with Crippen molar-refractivity contribution >= 4 is 5.97 Å². The summed E-state index contributed by atoms with van der Waals surface area (Å²) in [7, 11) is 0. The third-order valence-electron chi connectivity index (χ3n) is 6.03. The fourth-order valence-electron chi connectivity index (χ4n) is 5.12. The van der Waals surface area contributed by atoms with E-state index in [2.05, 4.69) is 19.1 Å². The molecule has 112 valence electrons. The van der Waals surface area contributed by atoms with Crippen LogP contribution in [0.5, 0.6) is 0 Å².